The summed E-state index contributed by atoms with van der Waals surface area (Å²) in [6.07, 6.45) is 3.81. The van der Waals surface area contributed by atoms with E-state index in [2.05, 4.69) is 19.6 Å². The molecule has 2 atom stereocenters. The van der Waals surface area contributed by atoms with Gasteiger partial charge in [0.2, 0.25) is 10.0 Å². The quantitative estimate of drug-likeness (QED) is 0.252. The largest absolute Gasteiger partial charge is 0.463 e. The molecule has 0 saturated heterocycles. The highest BCUT2D eigenvalue weighted by Gasteiger charge is 2.20. The van der Waals surface area contributed by atoms with Crippen molar-refractivity contribution in [2.75, 3.05) is 31.3 Å². The van der Waals surface area contributed by atoms with Crippen LogP contribution >= 0.6 is 12.6 Å². The van der Waals surface area contributed by atoms with Gasteiger partial charge >= 0.3 is 11.9 Å². The lowest BCUT2D eigenvalue weighted by Gasteiger charge is -2.14. The van der Waals surface area contributed by atoms with Gasteiger partial charge in [-0.15, -0.1) is 0 Å². The molecule has 0 rings (SSSR count). The Morgan fingerprint density at radius 3 is 2.21 bits per heavy atom. The van der Waals surface area contributed by atoms with Crippen molar-refractivity contribution in [1.82, 2.24) is 4.72 Å². The van der Waals surface area contributed by atoms with Crippen molar-refractivity contribution in [3.63, 3.8) is 0 Å². The number of nitrogens with one attached hydrogen (secondary N) is 1. The monoisotopic (exact) mass is 475 g/mol. The van der Waals surface area contributed by atoms with Gasteiger partial charge in [0.15, 0.2) is 16.4 Å². The van der Waals surface area contributed by atoms with Crippen LogP contribution in [0.5, 0.6) is 0 Å². The number of rotatable bonds is 16. The van der Waals surface area contributed by atoms with E-state index in [9.17, 15) is 26.4 Å². The minimum Gasteiger partial charge on any atom is -0.463 e. The number of hydrogen-bond acceptors (Lipinski definition) is 9. The average molecular weight is 476 g/mol. The normalized spacial score (nSPS) is 14.2. The minimum absolute atomic E-state index is 0.124. The zero-order valence-electron chi connectivity index (χ0n) is 17.3. The number of carbonyl (C=O) groups is 2. The Morgan fingerprint density at radius 2 is 1.66 bits per heavy atom. The highest BCUT2D eigenvalue weighted by molar-refractivity contribution is 8.04. The number of sulfonamides is 1. The van der Waals surface area contributed by atoms with Crippen LogP contribution in [0.3, 0.4) is 0 Å². The van der Waals surface area contributed by atoms with E-state index >= 15 is 0 Å². The highest BCUT2D eigenvalue weighted by atomic mass is 32.2. The fourth-order valence-electron chi connectivity index (χ4n) is 2.20. The zero-order chi connectivity index (χ0) is 22.5. The van der Waals surface area contributed by atoms with E-state index in [1.165, 1.54) is 6.92 Å². The third kappa shape index (κ3) is 13.9. The maximum Gasteiger partial charge on any atom is 0.344 e. The molecule has 0 saturated carbocycles. The van der Waals surface area contributed by atoms with E-state index in [4.69, 9.17) is 9.47 Å². The van der Waals surface area contributed by atoms with Crippen molar-refractivity contribution in [2.24, 2.45) is 5.92 Å². The van der Waals surface area contributed by atoms with Crippen molar-refractivity contribution in [3.05, 3.63) is 0 Å². The van der Waals surface area contributed by atoms with Crippen LogP contribution in [0.1, 0.15) is 52.9 Å². The molecular formula is C17H33NO8S3. The summed E-state index contributed by atoms with van der Waals surface area (Å²) < 4.78 is 57.7. The molecule has 0 aliphatic heterocycles. The van der Waals surface area contributed by atoms with Gasteiger partial charge in [0.05, 0.1) is 18.1 Å². The Balaban J connectivity index is 4.14. The van der Waals surface area contributed by atoms with Crippen LogP contribution in [0.25, 0.3) is 0 Å². The number of unbranched alkanes of at least 4 members (excludes halogenated alkanes) is 1. The van der Waals surface area contributed by atoms with E-state index in [-0.39, 0.29) is 24.7 Å². The number of sulfone groups is 1. The summed E-state index contributed by atoms with van der Waals surface area (Å²) in [6, 6.07) is 0. The van der Waals surface area contributed by atoms with Gasteiger partial charge in [-0.25, -0.2) is 26.4 Å². The summed E-state index contributed by atoms with van der Waals surface area (Å²) in [6.45, 7) is 4.49. The predicted molar refractivity (Wildman–Crippen MR) is 114 cm³/mol. The smallest absolute Gasteiger partial charge is 0.344 e. The van der Waals surface area contributed by atoms with Gasteiger partial charge in [-0.05, 0) is 25.7 Å². The summed E-state index contributed by atoms with van der Waals surface area (Å²) >= 11 is 3.83. The first-order chi connectivity index (χ1) is 13.4. The summed E-state index contributed by atoms with van der Waals surface area (Å²) in [5.74, 6) is -2.15. The molecule has 0 aromatic rings. The van der Waals surface area contributed by atoms with E-state index in [0.717, 1.165) is 25.7 Å². The van der Waals surface area contributed by atoms with Gasteiger partial charge in [-0.3, -0.25) is 4.79 Å². The van der Waals surface area contributed by atoms with Crippen molar-refractivity contribution in [1.29, 1.82) is 0 Å². The second-order valence-corrected chi connectivity index (χ2v) is 12.2. The van der Waals surface area contributed by atoms with Crippen LogP contribution in [0.4, 0.5) is 0 Å². The summed E-state index contributed by atoms with van der Waals surface area (Å²) in [7, 11) is -7.31. The molecule has 12 heteroatoms. The molecule has 0 aliphatic rings. The third-order valence-corrected chi connectivity index (χ3v) is 8.44. The fraction of sp³-hybridized carbons (Fsp3) is 0.882. The second-order valence-electron chi connectivity index (χ2n) is 6.72. The first kappa shape index (κ1) is 28.1. The van der Waals surface area contributed by atoms with Gasteiger partial charge in [0.25, 0.3) is 0 Å². The molecule has 0 fully saturated rings. The molecule has 2 unspecified atom stereocenters. The predicted octanol–water partition coefficient (Wildman–Crippen LogP) is 1.29. The molecule has 9 nitrogen and oxygen atoms in total. The lowest BCUT2D eigenvalue weighted by atomic mass is 10.0. The molecule has 0 aromatic carbocycles. The first-order valence-corrected chi connectivity index (χ1v) is 13.5. The number of esters is 2. The van der Waals surface area contributed by atoms with Crippen LogP contribution in [-0.2, 0) is 38.9 Å². The molecule has 0 radical (unpaired) electrons. The Bertz CT molecular complexity index is 704. The number of carbonyl (C=O) groups excluding carboxylic acids is 2. The molecule has 172 valence electrons. The van der Waals surface area contributed by atoms with Gasteiger partial charge in [-0.1, -0.05) is 33.1 Å². The van der Waals surface area contributed by atoms with Crippen LogP contribution in [0, 0.1) is 5.92 Å². The Kier molecular flexibility index (Phi) is 13.8. The molecular weight excluding hydrogens is 442 g/mol. The molecule has 0 aromatic heterocycles. The van der Waals surface area contributed by atoms with E-state index < -0.39 is 55.3 Å². The van der Waals surface area contributed by atoms with E-state index in [1.54, 1.807) is 0 Å². The number of thiol groups is 1. The maximum absolute atomic E-state index is 11.8. The minimum atomic E-state index is -3.85. The first-order valence-electron chi connectivity index (χ1n) is 9.61. The molecule has 0 aliphatic carbocycles. The van der Waals surface area contributed by atoms with Gasteiger partial charge in [0.1, 0.15) is 11.1 Å². The number of ether oxygens (including phenoxy) is 2. The Morgan fingerprint density at radius 1 is 1.00 bits per heavy atom. The van der Waals surface area contributed by atoms with Crippen molar-refractivity contribution in [3.8, 4) is 0 Å². The second kappa shape index (κ2) is 14.2. The Labute approximate surface area is 179 Å². The van der Waals surface area contributed by atoms with E-state index in [1.807, 2.05) is 11.6 Å². The zero-order valence-corrected chi connectivity index (χ0v) is 19.8. The lowest BCUT2D eigenvalue weighted by Crippen LogP contribution is -2.34. The van der Waals surface area contributed by atoms with Crippen LogP contribution < -0.4 is 4.72 Å². The topological polar surface area (TPSA) is 133 Å². The summed E-state index contributed by atoms with van der Waals surface area (Å²) in [5, 5.41) is 0. The SMILES string of the molecule is CCCCC(CC)COC(=O)COC(=O)CNS(=O)(=O)CCCS(=O)(=O)C(C)S. The van der Waals surface area contributed by atoms with Crippen molar-refractivity contribution in [2.45, 2.75) is 57.5 Å². The van der Waals surface area contributed by atoms with Crippen LogP contribution in [0.2, 0.25) is 0 Å². The summed E-state index contributed by atoms with van der Waals surface area (Å²) in [5.41, 5.74) is 0. The molecule has 0 heterocycles. The van der Waals surface area contributed by atoms with Crippen LogP contribution in [-0.4, -0.2) is 64.6 Å². The lowest BCUT2D eigenvalue weighted by molar-refractivity contribution is -0.159. The fourth-order valence-corrected chi connectivity index (χ4v) is 4.60. The van der Waals surface area contributed by atoms with Crippen LogP contribution in [0.15, 0.2) is 0 Å². The van der Waals surface area contributed by atoms with Gasteiger partial charge in [0, 0.05) is 0 Å². The molecule has 29 heavy (non-hydrogen) atoms. The average Bonchev–Trinajstić information content (AvgIpc) is 2.64. The highest BCUT2D eigenvalue weighted by Crippen LogP contribution is 2.12. The Hall–Kier alpha value is -0.850. The summed E-state index contributed by atoms with van der Waals surface area (Å²) in [4.78, 5) is 23.2. The molecule has 0 spiro atoms. The van der Waals surface area contributed by atoms with Gasteiger partial charge < -0.3 is 9.47 Å². The number of hydrogen-bond donors (Lipinski definition) is 2. The molecule has 0 amide bonds. The third-order valence-electron chi connectivity index (χ3n) is 4.17. The van der Waals surface area contributed by atoms with Crippen molar-refractivity contribution >= 4 is 44.4 Å². The standard InChI is InChI=1S/C17H33NO8S3/c1-4-6-8-15(5-2)12-25-17(20)13-26-16(19)11-18-29(23,24)10-7-9-28(21,22)14(3)27/h14-15,18,27H,4-13H2,1-3H3. The molecule has 0 bridgehead atoms. The molecule has 1 N–H and O–H groups in total. The van der Waals surface area contributed by atoms with Crippen molar-refractivity contribution < 1.29 is 35.9 Å². The van der Waals surface area contributed by atoms with Gasteiger partial charge in [-0.2, -0.15) is 12.6 Å². The maximum atomic E-state index is 11.8. The van der Waals surface area contributed by atoms with E-state index in [0.29, 0.717) is 0 Å².